The van der Waals surface area contributed by atoms with Crippen LogP contribution in [-0.2, 0) is 0 Å². The third-order valence-corrected chi connectivity index (χ3v) is 9.31. The summed E-state index contributed by atoms with van der Waals surface area (Å²) >= 11 is 0. The summed E-state index contributed by atoms with van der Waals surface area (Å²) in [4.78, 5) is 0. The first-order valence-corrected chi connectivity index (χ1v) is 9.17. The number of hydrogen-bond acceptors (Lipinski definition) is 0. The second-order valence-corrected chi connectivity index (χ2v) is 9.60. The van der Waals surface area contributed by atoms with E-state index in [0.717, 1.165) is 5.40 Å². The van der Waals surface area contributed by atoms with Crippen molar-refractivity contribution in [1.29, 1.82) is 0 Å². The fraction of sp³-hybridized carbons (Fsp3) is 0.500. The van der Waals surface area contributed by atoms with E-state index in [1.807, 2.05) is 0 Å². The average Bonchev–Trinajstić information content (AvgIpc) is 2.67. The Morgan fingerprint density at radius 1 is 1.21 bits per heavy atom. The second-order valence-electron chi connectivity index (χ2n) is 4.12. The predicted molar refractivity (Wildman–Crippen MR) is 69.7 cm³/mol. The molecule has 0 radical (unpaired) electrons. The Balaban J connectivity index is 2.18. The van der Waals surface area contributed by atoms with E-state index in [2.05, 4.69) is 43.7 Å². The molecule has 0 aliphatic carbocycles. The lowest BCUT2D eigenvalue weighted by Gasteiger charge is -2.24. The summed E-state index contributed by atoms with van der Waals surface area (Å²) in [5.41, 5.74) is 0. The van der Waals surface area contributed by atoms with Crippen LogP contribution < -0.4 is 5.30 Å². The minimum atomic E-state index is 0.186. The van der Waals surface area contributed by atoms with Crippen molar-refractivity contribution in [2.45, 2.75) is 18.2 Å². The summed E-state index contributed by atoms with van der Waals surface area (Å²) in [6, 6.07) is 11.2. The number of hydrogen-bond donors (Lipinski definition) is 0. The molecule has 76 valence electrons. The summed E-state index contributed by atoms with van der Waals surface area (Å²) in [6.07, 6.45) is 4.43. The topological polar surface area (TPSA) is 0 Å². The third kappa shape index (κ3) is 2.18. The van der Waals surface area contributed by atoms with Gasteiger partial charge in [0.15, 0.2) is 0 Å². The Bertz CT molecular complexity index is 282. The molecule has 0 spiro atoms. The van der Waals surface area contributed by atoms with Gasteiger partial charge in [0.1, 0.15) is 0 Å². The molecule has 1 heterocycles. The number of rotatable bonds is 2. The largest absolute Gasteiger partial charge is 0.105 e. The van der Waals surface area contributed by atoms with Crippen molar-refractivity contribution in [3.05, 3.63) is 30.3 Å². The molecule has 1 aromatic rings. The van der Waals surface area contributed by atoms with Crippen LogP contribution in [0.2, 0.25) is 0 Å². The molecule has 2 rings (SSSR count). The van der Waals surface area contributed by atoms with E-state index < -0.39 is 0 Å². The van der Waals surface area contributed by atoms with Crippen LogP contribution in [0.15, 0.2) is 30.3 Å². The highest BCUT2D eigenvalue weighted by Crippen LogP contribution is 2.60. The van der Waals surface area contributed by atoms with Gasteiger partial charge in [0.2, 0.25) is 0 Å². The van der Waals surface area contributed by atoms with Crippen LogP contribution in [0.5, 0.6) is 0 Å². The maximum Gasteiger partial charge on any atom is 0.00295 e. The van der Waals surface area contributed by atoms with Gasteiger partial charge in [0.05, 0.1) is 0 Å². The Hall–Kier alpha value is 0.0800. The maximum atomic E-state index is 2.45. The minimum Gasteiger partial charge on any atom is -0.105 e. The summed E-state index contributed by atoms with van der Waals surface area (Å²) in [5, 5.41) is 2.68. The van der Waals surface area contributed by atoms with Gasteiger partial charge < -0.3 is 0 Å². The van der Waals surface area contributed by atoms with Gasteiger partial charge in [-0.15, -0.1) is 7.92 Å². The highest BCUT2D eigenvalue weighted by molar-refractivity contribution is 7.79. The first-order chi connectivity index (χ1) is 6.79. The lowest BCUT2D eigenvalue weighted by atomic mass is 10.4. The van der Waals surface area contributed by atoms with Crippen LogP contribution in [0.1, 0.15) is 12.8 Å². The maximum absolute atomic E-state index is 2.45. The highest BCUT2D eigenvalue weighted by Gasteiger charge is 2.29. The molecule has 1 fully saturated rings. The molecule has 1 aliphatic heterocycles. The molecule has 0 amide bonds. The summed E-state index contributed by atoms with van der Waals surface area (Å²) in [7, 11) is 0.450. The lowest BCUT2D eigenvalue weighted by Crippen LogP contribution is -2.07. The van der Waals surface area contributed by atoms with E-state index in [4.69, 9.17) is 0 Å². The van der Waals surface area contributed by atoms with Crippen molar-refractivity contribution in [2.24, 2.45) is 0 Å². The smallest absolute Gasteiger partial charge is 0.00295 e. The molecule has 0 saturated carbocycles. The van der Waals surface area contributed by atoms with Gasteiger partial charge in [0.25, 0.3) is 0 Å². The molecule has 0 N–H and O–H groups in total. The first kappa shape index (κ1) is 10.6. The highest BCUT2D eigenvalue weighted by atomic mass is 31.2. The average molecular weight is 224 g/mol. The predicted octanol–water partition coefficient (Wildman–Crippen LogP) is 3.66. The number of benzene rings is 1. The van der Waals surface area contributed by atoms with Crippen molar-refractivity contribution in [3.63, 3.8) is 0 Å². The molecular formula is C12H18P2. The zero-order valence-corrected chi connectivity index (χ0v) is 10.8. The molecule has 1 saturated heterocycles. The summed E-state index contributed by atoms with van der Waals surface area (Å²) in [5.74, 6) is 0. The molecule has 0 unspecified atom stereocenters. The molecule has 14 heavy (non-hydrogen) atoms. The van der Waals surface area contributed by atoms with Crippen molar-refractivity contribution < 1.29 is 0 Å². The fourth-order valence-electron chi connectivity index (χ4n) is 2.21. The summed E-state index contributed by atoms with van der Waals surface area (Å²) in [6.45, 7) is 4.90. The molecular weight excluding hydrogens is 206 g/mol. The lowest BCUT2D eigenvalue weighted by molar-refractivity contribution is 0.919. The molecule has 2 heteroatoms. The van der Waals surface area contributed by atoms with Gasteiger partial charge in [-0.05, 0) is 37.6 Å². The van der Waals surface area contributed by atoms with E-state index in [9.17, 15) is 0 Å². The SMILES string of the molecule is CP(C)[C@H]1CCC[P@]1c1ccccc1. The quantitative estimate of drug-likeness (QED) is 0.672. The molecule has 0 aromatic heterocycles. The minimum absolute atomic E-state index is 0.186. The van der Waals surface area contributed by atoms with Gasteiger partial charge in [0, 0.05) is 5.40 Å². The van der Waals surface area contributed by atoms with Crippen LogP contribution in [0.25, 0.3) is 0 Å². The first-order valence-electron chi connectivity index (χ1n) is 5.27. The van der Waals surface area contributed by atoms with Crippen molar-refractivity contribution in [3.8, 4) is 0 Å². The second kappa shape index (κ2) is 4.73. The van der Waals surface area contributed by atoms with Crippen LogP contribution in [0.4, 0.5) is 0 Å². The van der Waals surface area contributed by atoms with E-state index in [1.165, 1.54) is 19.0 Å². The molecule has 0 bridgehead atoms. The van der Waals surface area contributed by atoms with Gasteiger partial charge in [-0.2, -0.15) is 0 Å². The van der Waals surface area contributed by atoms with E-state index in [0.29, 0.717) is 0 Å². The zero-order valence-electron chi connectivity index (χ0n) is 8.98. The molecule has 1 aromatic carbocycles. The van der Waals surface area contributed by atoms with Crippen molar-refractivity contribution in [1.82, 2.24) is 0 Å². The van der Waals surface area contributed by atoms with Crippen LogP contribution in [-0.4, -0.2) is 24.9 Å². The molecule has 1 aliphatic rings. The normalized spacial score (nSPS) is 27.1. The monoisotopic (exact) mass is 224 g/mol. The van der Waals surface area contributed by atoms with E-state index in [1.54, 1.807) is 5.30 Å². The Labute approximate surface area is 89.6 Å². The van der Waals surface area contributed by atoms with Gasteiger partial charge >= 0.3 is 0 Å². The van der Waals surface area contributed by atoms with Gasteiger partial charge in [-0.1, -0.05) is 38.3 Å². The van der Waals surface area contributed by atoms with E-state index in [-0.39, 0.29) is 15.8 Å². The Morgan fingerprint density at radius 3 is 2.57 bits per heavy atom. The van der Waals surface area contributed by atoms with Crippen LogP contribution in [0, 0.1) is 0 Å². The van der Waals surface area contributed by atoms with Crippen molar-refractivity contribution >= 4 is 21.1 Å². The van der Waals surface area contributed by atoms with Gasteiger partial charge in [-0.25, -0.2) is 0 Å². The Kier molecular flexibility index (Phi) is 3.58. The third-order valence-electron chi connectivity index (χ3n) is 2.91. The van der Waals surface area contributed by atoms with Crippen LogP contribution >= 0.6 is 15.8 Å². The van der Waals surface area contributed by atoms with Crippen molar-refractivity contribution in [2.75, 3.05) is 19.5 Å². The van der Waals surface area contributed by atoms with Gasteiger partial charge in [-0.3, -0.25) is 0 Å². The van der Waals surface area contributed by atoms with Crippen LogP contribution in [0.3, 0.4) is 0 Å². The summed E-state index contributed by atoms with van der Waals surface area (Å²) < 4.78 is 0. The zero-order chi connectivity index (χ0) is 9.97. The standard InChI is InChI=1S/C12H18P2/c1-13(2)12-9-6-10-14(12)11-7-4-3-5-8-11/h3-5,7-8,12H,6,9-10H2,1-2H3/t12-,14-/m1/s1. The fourth-order valence-corrected chi connectivity index (χ4v) is 8.36. The Morgan fingerprint density at radius 2 is 1.93 bits per heavy atom. The molecule has 0 nitrogen and oxygen atoms in total. The molecule has 2 atom stereocenters. The van der Waals surface area contributed by atoms with E-state index >= 15 is 0 Å².